The van der Waals surface area contributed by atoms with Gasteiger partial charge < -0.3 is 9.64 Å². The van der Waals surface area contributed by atoms with Crippen molar-refractivity contribution in [3.63, 3.8) is 0 Å². The standard InChI is InChI=1S/C27H26N4O4S2/c32-27(19-8-9-22(23(17-19)31(33)34)29-10-12-35-13-11-29)30-26(24-7-3-15-37-24)21-6-1-4-18(25(21)28-30)16-20-5-2-14-36-20/h2-3,5,7-9,14-17,21,26H,1,4,6,10-13H2/b18-16-/t21-,26-/m0/s1. The maximum absolute atomic E-state index is 13.9. The topological polar surface area (TPSA) is 88.3 Å². The summed E-state index contributed by atoms with van der Waals surface area (Å²) in [6.07, 6.45) is 5.09. The molecule has 2 aliphatic heterocycles. The molecule has 2 atom stereocenters. The molecule has 0 N–H and O–H groups in total. The number of carbonyl (C=O) groups excluding carboxylic acids is 1. The predicted octanol–water partition coefficient (Wildman–Crippen LogP) is 5.99. The van der Waals surface area contributed by atoms with Gasteiger partial charge in [0.05, 0.1) is 29.9 Å². The minimum absolute atomic E-state index is 0.0667. The Hall–Kier alpha value is -3.34. The smallest absolute Gasteiger partial charge is 0.293 e. The summed E-state index contributed by atoms with van der Waals surface area (Å²) in [5.41, 5.74) is 2.86. The SMILES string of the molecule is O=C(c1ccc(N2CCOCC2)c([N+](=O)[O-])c1)N1N=C2/C(=C\c3cccs3)CCC[C@@H]2[C@H]1c1cccs1. The van der Waals surface area contributed by atoms with Crippen LogP contribution in [0.25, 0.3) is 6.08 Å². The second-order valence-electron chi connectivity index (χ2n) is 9.34. The highest BCUT2D eigenvalue weighted by Gasteiger charge is 2.44. The van der Waals surface area contributed by atoms with Gasteiger partial charge in [-0.1, -0.05) is 12.1 Å². The van der Waals surface area contributed by atoms with Crippen LogP contribution in [-0.4, -0.2) is 47.9 Å². The molecule has 0 radical (unpaired) electrons. The monoisotopic (exact) mass is 534 g/mol. The van der Waals surface area contributed by atoms with Gasteiger partial charge in [-0.05, 0) is 65.9 Å². The van der Waals surface area contributed by atoms with Crippen LogP contribution in [0.4, 0.5) is 11.4 Å². The summed E-state index contributed by atoms with van der Waals surface area (Å²) in [6.45, 7) is 2.20. The zero-order chi connectivity index (χ0) is 25.4. The first-order valence-corrected chi connectivity index (χ1v) is 14.2. The van der Waals surface area contributed by atoms with Crippen LogP contribution < -0.4 is 4.90 Å². The maximum atomic E-state index is 13.9. The summed E-state index contributed by atoms with van der Waals surface area (Å²) in [5, 5.41) is 22.6. The van der Waals surface area contributed by atoms with Gasteiger partial charge in [0.25, 0.3) is 11.6 Å². The third-order valence-corrected chi connectivity index (χ3v) is 8.94. The molecule has 0 unspecified atom stereocenters. The van der Waals surface area contributed by atoms with Crippen molar-refractivity contribution >= 4 is 51.7 Å². The zero-order valence-corrected chi connectivity index (χ0v) is 21.7. The lowest BCUT2D eigenvalue weighted by molar-refractivity contribution is -0.384. The Kier molecular flexibility index (Phi) is 6.62. The molecule has 0 bridgehead atoms. The number of benzene rings is 1. The molecular weight excluding hydrogens is 508 g/mol. The minimum Gasteiger partial charge on any atom is -0.378 e. The van der Waals surface area contributed by atoms with Crippen molar-refractivity contribution in [3.05, 3.63) is 84.2 Å². The highest BCUT2D eigenvalue weighted by Crippen LogP contribution is 2.46. The van der Waals surface area contributed by atoms with Gasteiger partial charge in [0, 0.05) is 40.4 Å². The molecule has 2 fully saturated rings. The van der Waals surface area contributed by atoms with Crippen molar-refractivity contribution < 1.29 is 14.5 Å². The number of nitro groups is 1. The molecule has 2 aromatic heterocycles. The molecule has 37 heavy (non-hydrogen) atoms. The quantitative estimate of drug-likeness (QED) is 0.296. The van der Waals surface area contributed by atoms with Crippen molar-refractivity contribution in [2.24, 2.45) is 11.0 Å². The van der Waals surface area contributed by atoms with E-state index >= 15 is 0 Å². The first-order valence-electron chi connectivity index (χ1n) is 12.4. The molecule has 3 aromatic rings. The highest BCUT2D eigenvalue weighted by molar-refractivity contribution is 7.11. The van der Waals surface area contributed by atoms with E-state index in [9.17, 15) is 14.9 Å². The Morgan fingerprint density at radius 1 is 1.14 bits per heavy atom. The van der Waals surface area contributed by atoms with Gasteiger partial charge in [-0.3, -0.25) is 14.9 Å². The summed E-state index contributed by atoms with van der Waals surface area (Å²) >= 11 is 3.30. The number of hydrogen-bond acceptors (Lipinski definition) is 8. The number of amides is 1. The van der Waals surface area contributed by atoms with Gasteiger partial charge in [0.15, 0.2) is 0 Å². The van der Waals surface area contributed by atoms with E-state index in [4.69, 9.17) is 9.84 Å². The predicted molar refractivity (Wildman–Crippen MR) is 146 cm³/mol. The third-order valence-electron chi connectivity index (χ3n) is 7.17. The number of nitro benzene ring substituents is 1. The van der Waals surface area contributed by atoms with Crippen molar-refractivity contribution in [2.75, 3.05) is 31.2 Å². The molecule has 10 heteroatoms. The van der Waals surface area contributed by atoms with Gasteiger partial charge in [-0.15, -0.1) is 22.7 Å². The van der Waals surface area contributed by atoms with E-state index in [-0.39, 0.29) is 29.1 Å². The number of rotatable bonds is 5. The largest absolute Gasteiger partial charge is 0.378 e. The molecule has 4 heterocycles. The number of hydrazone groups is 1. The number of allylic oxidation sites excluding steroid dienone is 1. The second-order valence-corrected chi connectivity index (χ2v) is 11.3. The molecule has 8 nitrogen and oxygen atoms in total. The summed E-state index contributed by atoms with van der Waals surface area (Å²) in [4.78, 5) is 29.7. The van der Waals surface area contributed by atoms with Crippen LogP contribution in [0.3, 0.4) is 0 Å². The minimum atomic E-state index is -0.407. The zero-order valence-electron chi connectivity index (χ0n) is 20.1. The number of nitrogens with zero attached hydrogens (tertiary/aromatic N) is 4. The molecule has 1 aromatic carbocycles. The number of hydrogen-bond donors (Lipinski definition) is 0. The Bertz CT molecular complexity index is 1360. The lowest BCUT2D eigenvalue weighted by Gasteiger charge is -2.29. The normalized spacial score (nSPS) is 22.7. The molecule has 6 rings (SSSR count). The maximum Gasteiger partial charge on any atom is 0.293 e. The molecule has 3 aliphatic rings. The Labute approximate surface area is 222 Å². The van der Waals surface area contributed by atoms with Crippen LogP contribution in [0.5, 0.6) is 0 Å². The van der Waals surface area contributed by atoms with Crippen LogP contribution in [0.1, 0.15) is 45.4 Å². The third kappa shape index (κ3) is 4.60. The molecule has 1 saturated carbocycles. The fraction of sp³-hybridized carbons (Fsp3) is 0.333. The van der Waals surface area contributed by atoms with Gasteiger partial charge in [0.1, 0.15) is 5.69 Å². The number of anilines is 1. The van der Waals surface area contributed by atoms with Crippen molar-refractivity contribution in [1.29, 1.82) is 0 Å². The first kappa shape index (κ1) is 24.0. The van der Waals surface area contributed by atoms with Crippen molar-refractivity contribution in [3.8, 4) is 0 Å². The number of carbonyl (C=O) groups is 1. The summed E-state index contributed by atoms with van der Waals surface area (Å²) in [7, 11) is 0. The average Bonchev–Trinajstić information content (AvgIpc) is 3.70. The Morgan fingerprint density at radius 2 is 1.95 bits per heavy atom. The van der Waals surface area contributed by atoms with Crippen molar-refractivity contribution in [1.82, 2.24) is 5.01 Å². The van der Waals surface area contributed by atoms with E-state index in [2.05, 4.69) is 23.6 Å². The average molecular weight is 535 g/mol. The van der Waals surface area contributed by atoms with Gasteiger partial charge in [0.2, 0.25) is 0 Å². The summed E-state index contributed by atoms with van der Waals surface area (Å²) in [6, 6.07) is 12.7. The van der Waals surface area contributed by atoms with E-state index in [1.54, 1.807) is 39.8 Å². The van der Waals surface area contributed by atoms with E-state index in [0.29, 0.717) is 32.0 Å². The first-order chi connectivity index (χ1) is 18.1. The van der Waals surface area contributed by atoms with E-state index in [1.807, 2.05) is 22.4 Å². The van der Waals surface area contributed by atoms with Crippen LogP contribution in [-0.2, 0) is 4.74 Å². The fourth-order valence-electron chi connectivity index (χ4n) is 5.46. The fourth-order valence-corrected chi connectivity index (χ4v) is 7.01. The van der Waals surface area contributed by atoms with E-state index in [0.717, 1.165) is 29.9 Å². The number of morpholine rings is 1. The number of thiophene rings is 2. The Morgan fingerprint density at radius 3 is 2.68 bits per heavy atom. The molecule has 0 spiro atoms. The lowest BCUT2D eigenvalue weighted by Crippen LogP contribution is -2.36. The van der Waals surface area contributed by atoms with Gasteiger partial charge in [-0.2, -0.15) is 5.10 Å². The summed E-state index contributed by atoms with van der Waals surface area (Å²) < 4.78 is 5.40. The number of fused-ring (bicyclic) bond motifs is 1. The molecular formula is C27H26N4O4S2. The summed E-state index contributed by atoms with van der Waals surface area (Å²) in [5.74, 6) is -0.211. The highest BCUT2D eigenvalue weighted by atomic mass is 32.1. The van der Waals surface area contributed by atoms with Crippen LogP contribution in [0.15, 0.2) is 63.9 Å². The molecule has 190 valence electrons. The molecule has 1 saturated heterocycles. The second kappa shape index (κ2) is 10.2. The van der Waals surface area contributed by atoms with Crippen LogP contribution >= 0.6 is 22.7 Å². The van der Waals surface area contributed by atoms with E-state index in [1.165, 1.54) is 16.5 Å². The van der Waals surface area contributed by atoms with Gasteiger partial charge >= 0.3 is 0 Å². The van der Waals surface area contributed by atoms with Crippen LogP contribution in [0, 0.1) is 16.0 Å². The molecule has 1 amide bonds. The Balaban J connectivity index is 1.38. The van der Waals surface area contributed by atoms with Crippen molar-refractivity contribution in [2.45, 2.75) is 25.3 Å². The van der Waals surface area contributed by atoms with Crippen LogP contribution in [0.2, 0.25) is 0 Å². The lowest BCUT2D eigenvalue weighted by atomic mass is 9.79. The number of ether oxygens (including phenoxy) is 1. The molecule has 1 aliphatic carbocycles. The van der Waals surface area contributed by atoms with E-state index < -0.39 is 4.92 Å². The van der Waals surface area contributed by atoms with Gasteiger partial charge in [-0.25, -0.2) is 5.01 Å².